The molecule has 0 aromatic heterocycles. The van der Waals surface area contributed by atoms with Crippen LogP contribution in [0.4, 0.5) is 0 Å². The third kappa shape index (κ3) is 4.88. The molecule has 0 fully saturated rings. The summed E-state index contributed by atoms with van der Waals surface area (Å²) < 4.78 is 0. The van der Waals surface area contributed by atoms with E-state index in [1.165, 1.54) is 11.1 Å². The molecule has 0 radical (unpaired) electrons. The molecule has 4 N–H and O–H groups in total. The summed E-state index contributed by atoms with van der Waals surface area (Å²) in [6.07, 6.45) is 1.88. The maximum atomic E-state index is 6.17. The minimum atomic E-state index is -0.129. The van der Waals surface area contributed by atoms with E-state index in [-0.39, 0.29) is 11.6 Å². The Labute approximate surface area is 105 Å². The summed E-state index contributed by atoms with van der Waals surface area (Å²) in [6, 6.07) is 8.73. The lowest BCUT2D eigenvalue weighted by Crippen LogP contribution is -2.32. The van der Waals surface area contributed by atoms with Crippen LogP contribution in [0.3, 0.4) is 0 Å². The van der Waals surface area contributed by atoms with E-state index in [1.807, 2.05) is 13.8 Å². The van der Waals surface area contributed by atoms with Crippen molar-refractivity contribution in [1.29, 1.82) is 0 Å². The fraction of sp³-hybridized carbons (Fsp3) is 0.600. The molecule has 0 saturated heterocycles. The molecular weight excluding hydrogens is 208 g/mol. The summed E-state index contributed by atoms with van der Waals surface area (Å²) in [5.41, 5.74) is 14.6. The Morgan fingerprint density at radius 2 is 1.53 bits per heavy atom. The Bertz CT molecular complexity index is 333. The first-order valence-corrected chi connectivity index (χ1v) is 6.44. The fourth-order valence-corrected chi connectivity index (χ4v) is 1.82. The van der Waals surface area contributed by atoms with E-state index in [2.05, 4.69) is 38.1 Å². The summed E-state index contributed by atoms with van der Waals surface area (Å²) in [6.45, 7) is 8.49. The molecule has 17 heavy (non-hydrogen) atoms. The van der Waals surface area contributed by atoms with Crippen molar-refractivity contribution in [3.05, 3.63) is 35.4 Å². The number of hydrogen-bond donors (Lipinski definition) is 2. The van der Waals surface area contributed by atoms with Gasteiger partial charge in [0.25, 0.3) is 0 Å². The number of benzene rings is 1. The fourth-order valence-electron chi connectivity index (χ4n) is 1.82. The van der Waals surface area contributed by atoms with Gasteiger partial charge in [-0.15, -0.1) is 0 Å². The van der Waals surface area contributed by atoms with Crippen molar-refractivity contribution >= 4 is 0 Å². The van der Waals surface area contributed by atoms with Crippen LogP contribution in [0, 0.1) is 0 Å². The molecule has 2 nitrogen and oxygen atoms in total. The van der Waals surface area contributed by atoms with Crippen LogP contribution < -0.4 is 11.5 Å². The van der Waals surface area contributed by atoms with Crippen molar-refractivity contribution in [3.8, 4) is 0 Å². The smallest absolute Gasteiger partial charge is 0.0295 e. The molecule has 0 amide bonds. The molecule has 1 rings (SSSR count). The maximum absolute atomic E-state index is 6.17. The molecule has 0 heterocycles. The van der Waals surface area contributed by atoms with Crippen molar-refractivity contribution in [2.75, 3.05) is 0 Å². The molecule has 1 aromatic carbocycles. The van der Waals surface area contributed by atoms with Crippen molar-refractivity contribution in [1.82, 2.24) is 0 Å². The first kappa shape index (κ1) is 14.2. The number of hydrogen-bond acceptors (Lipinski definition) is 2. The van der Waals surface area contributed by atoms with Crippen molar-refractivity contribution in [2.45, 2.75) is 58.0 Å². The predicted molar refractivity (Wildman–Crippen MR) is 75.0 cm³/mol. The van der Waals surface area contributed by atoms with Gasteiger partial charge in [-0.05, 0) is 43.7 Å². The van der Waals surface area contributed by atoms with Gasteiger partial charge in [-0.2, -0.15) is 0 Å². The predicted octanol–water partition coefficient (Wildman–Crippen LogP) is 3.33. The summed E-state index contributed by atoms with van der Waals surface area (Å²) in [5.74, 6) is 0.572. The SMILES string of the molecule is CC(C)c1ccc(C(N)CCC(C)(C)N)cc1. The van der Waals surface area contributed by atoms with E-state index in [4.69, 9.17) is 11.5 Å². The van der Waals surface area contributed by atoms with E-state index in [9.17, 15) is 0 Å². The van der Waals surface area contributed by atoms with Crippen LogP contribution in [0.25, 0.3) is 0 Å². The van der Waals surface area contributed by atoms with Crippen molar-refractivity contribution in [3.63, 3.8) is 0 Å². The van der Waals surface area contributed by atoms with Crippen molar-refractivity contribution < 1.29 is 0 Å². The Kier molecular flexibility index (Phi) is 4.72. The maximum Gasteiger partial charge on any atom is 0.0295 e. The topological polar surface area (TPSA) is 52.0 Å². The van der Waals surface area contributed by atoms with E-state index >= 15 is 0 Å². The summed E-state index contributed by atoms with van der Waals surface area (Å²) >= 11 is 0. The van der Waals surface area contributed by atoms with E-state index < -0.39 is 0 Å². The minimum absolute atomic E-state index is 0.0963. The van der Waals surface area contributed by atoms with Gasteiger partial charge in [0.2, 0.25) is 0 Å². The third-order valence-corrected chi connectivity index (χ3v) is 3.13. The molecule has 0 bridgehead atoms. The largest absolute Gasteiger partial charge is 0.326 e. The molecule has 2 heteroatoms. The monoisotopic (exact) mass is 234 g/mol. The highest BCUT2D eigenvalue weighted by atomic mass is 14.7. The normalized spacial score (nSPS) is 14.1. The van der Waals surface area contributed by atoms with E-state index in [1.54, 1.807) is 0 Å². The van der Waals surface area contributed by atoms with Crippen LogP contribution in [0.1, 0.15) is 63.6 Å². The highest BCUT2D eigenvalue weighted by molar-refractivity contribution is 5.26. The zero-order valence-electron chi connectivity index (χ0n) is 11.5. The molecule has 96 valence electrons. The van der Waals surface area contributed by atoms with E-state index in [0.717, 1.165) is 12.8 Å². The molecule has 0 aliphatic carbocycles. The number of nitrogens with two attached hydrogens (primary N) is 2. The summed E-state index contributed by atoms with van der Waals surface area (Å²) in [4.78, 5) is 0. The van der Waals surface area contributed by atoms with Crippen LogP contribution in [0.15, 0.2) is 24.3 Å². The lowest BCUT2D eigenvalue weighted by Gasteiger charge is -2.21. The van der Waals surface area contributed by atoms with Crippen LogP contribution >= 0.6 is 0 Å². The van der Waals surface area contributed by atoms with Crippen LogP contribution in [0.2, 0.25) is 0 Å². The molecule has 0 aliphatic heterocycles. The van der Waals surface area contributed by atoms with Crippen LogP contribution in [-0.2, 0) is 0 Å². The van der Waals surface area contributed by atoms with Gasteiger partial charge in [0.1, 0.15) is 0 Å². The van der Waals surface area contributed by atoms with Crippen LogP contribution in [0.5, 0.6) is 0 Å². The molecular formula is C15H26N2. The Morgan fingerprint density at radius 1 is 1.06 bits per heavy atom. The Morgan fingerprint density at radius 3 is 1.94 bits per heavy atom. The highest BCUT2D eigenvalue weighted by Crippen LogP contribution is 2.22. The highest BCUT2D eigenvalue weighted by Gasteiger charge is 2.14. The average molecular weight is 234 g/mol. The zero-order valence-corrected chi connectivity index (χ0v) is 11.5. The standard InChI is InChI=1S/C15H26N2/c1-11(2)12-5-7-13(8-6-12)14(16)9-10-15(3,4)17/h5-8,11,14H,9-10,16-17H2,1-4H3. The average Bonchev–Trinajstić information content (AvgIpc) is 2.25. The third-order valence-electron chi connectivity index (χ3n) is 3.13. The van der Waals surface area contributed by atoms with Gasteiger partial charge in [0.15, 0.2) is 0 Å². The van der Waals surface area contributed by atoms with E-state index in [0.29, 0.717) is 5.92 Å². The molecule has 0 saturated carbocycles. The lowest BCUT2D eigenvalue weighted by atomic mass is 9.93. The van der Waals surface area contributed by atoms with Gasteiger partial charge in [-0.25, -0.2) is 0 Å². The Hall–Kier alpha value is -0.860. The Balaban J connectivity index is 2.60. The quantitative estimate of drug-likeness (QED) is 0.821. The van der Waals surface area contributed by atoms with Gasteiger partial charge >= 0.3 is 0 Å². The minimum Gasteiger partial charge on any atom is -0.326 e. The molecule has 1 aromatic rings. The first-order chi connectivity index (χ1) is 7.79. The molecule has 0 aliphatic rings. The van der Waals surface area contributed by atoms with Crippen molar-refractivity contribution in [2.24, 2.45) is 11.5 Å². The van der Waals surface area contributed by atoms with Gasteiger partial charge in [0.05, 0.1) is 0 Å². The second-order valence-electron chi connectivity index (χ2n) is 5.96. The summed E-state index contributed by atoms with van der Waals surface area (Å²) in [7, 11) is 0. The van der Waals surface area contributed by atoms with Crippen LogP contribution in [-0.4, -0.2) is 5.54 Å². The van der Waals surface area contributed by atoms with Gasteiger partial charge in [-0.1, -0.05) is 38.1 Å². The first-order valence-electron chi connectivity index (χ1n) is 6.44. The molecule has 1 unspecified atom stereocenters. The van der Waals surface area contributed by atoms with Gasteiger partial charge in [0, 0.05) is 11.6 Å². The molecule has 1 atom stereocenters. The second-order valence-corrected chi connectivity index (χ2v) is 5.96. The zero-order chi connectivity index (χ0) is 13.1. The van der Waals surface area contributed by atoms with Gasteiger partial charge < -0.3 is 11.5 Å². The lowest BCUT2D eigenvalue weighted by molar-refractivity contribution is 0.433. The summed E-state index contributed by atoms with van der Waals surface area (Å²) in [5, 5.41) is 0. The second kappa shape index (κ2) is 5.65. The van der Waals surface area contributed by atoms with Gasteiger partial charge in [-0.3, -0.25) is 0 Å². The molecule has 0 spiro atoms. The number of rotatable bonds is 5.